The minimum Gasteiger partial charge on any atom is -0.370 e. The van der Waals surface area contributed by atoms with E-state index in [2.05, 4.69) is 35.8 Å². The highest BCUT2D eigenvalue weighted by Crippen LogP contribution is 2.21. The van der Waals surface area contributed by atoms with Gasteiger partial charge in [-0.1, -0.05) is 18.2 Å². The first-order valence-corrected chi connectivity index (χ1v) is 9.32. The van der Waals surface area contributed by atoms with Crippen molar-refractivity contribution in [3.8, 4) is 11.4 Å². The zero-order chi connectivity index (χ0) is 20.2. The Morgan fingerprint density at radius 1 is 1.10 bits per heavy atom. The first kappa shape index (κ1) is 18.5. The summed E-state index contributed by atoms with van der Waals surface area (Å²) in [6.07, 6.45) is 3.94. The fourth-order valence-electron chi connectivity index (χ4n) is 3.24. The standard InChI is InChI=1S/C21H21N7O/c1-13-10-18(28-27-13)17-11-19(26-12-25-17)23-8-6-14-4-3-5-15-16(21(29)22-2)7-9-24-20(14)15/h3-5,7,9-12H,6,8H2,1-2H3,(H,22,29)(H,27,28)(H,23,25,26). The molecule has 1 aromatic carbocycles. The Morgan fingerprint density at radius 2 is 2.00 bits per heavy atom. The van der Waals surface area contributed by atoms with E-state index in [4.69, 9.17) is 0 Å². The van der Waals surface area contributed by atoms with Crippen molar-refractivity contribution >= 4 is 22.6 Å². The topological polar surface area (TPSA) is 108 Å². The second-order valence-corrected chi connectivity index (χ2v) is 6.65. The number of hydrogen-bond acceptors (Lipinski definition) is 6. The number of H-pyrrole nitrogens is 1. The van der Waals surface area contributed by atoms with Crippen LogP contribution in [-0.2, 0) is 6.42 Å². The molecule has 0 unspecified atom stereocenters. The normalized spacial score (nSPS) is 10.8. The molecule has 3 N–H and O–H groups in total. The van der Waals surface area contributed by atoms with E-state index in [0.29, 0.717) is 12.1 Å². The van der Waals surface area contributed by atoms with Crippen LogP contribution in [0.25, 0.3) is 22.3 Å². The molecule has 0 fully saturated rings. The number of rotatable bonds is 6. The SMILES string of the molecule is CNC(=O)c1ccnc2c(CCNc3cc(-c4cc(C)[nH]n4)ncn3)cccc12. The minimum absolute atomic E-state index is 0.116. The van der Waals surface area contributed by atoms with Gasteiger partial charge < -0.3 is 10.6 Å². The Hall–Kier alpha value is -3.81. The van der Waals surface area contributed by atoms with Gasteiger partial charge in [0.25, 0.3) is 5.91 Å². The number of para-hydroxylation sites is 1. The number of hydrogen-bond donors (Lipinski definition) is 3. The van der Waals surface area contributed by atoms with Crippen molar-refractivity contribution in [2.24, 2.45) is 0 Å². The fraction of sp³-hybridized carbons (Fsp3) is 0.190. The second-order valence-electron chi connectivity index (χ2n) is 6.65. The molecule has 0 aliphatic heterocycles. The number of aryl methyl sites for hydroxylation is 1. The van der Waals surface area contributed by atoms with Crippen molar-refractivity contribution in [3.05, 3.63) is 65.7 Å². The quantitative estimate of drug-likeness (QED) is 0.469. The lowest BCUT2D eigenvalue weighted by molar-refractivity contribution is 0.0964. The van der Waals surface area contributed by atoms with Crippen molar-refractivity contribution in [1.82, 2.24) is 30.5 Å². The van der Waals surface area contributed by atoms with E-state index in [1.54, 1.807) is 19.3 Å². The van der Waals surface area contributed by atoms with E-state index in [1.165, 1.54) is 6.33 Å². The molecule has 0 aliphatic carbocycles. The van der Waals surface area contributed by atoms with Crippen molar-refractivity contribution in [1.29, 1.82) is 0 Å². The lowest BCUT2D eigenvalue weighted by Gasteiger charge is -2.10. The van der Waals surface area contributed by atoms with E-state index in [-0.39, 0.29) is 5.91 Å². The van der Waals surface area contributed by atoms with Gasteiger partial charge in [-0.3, -0.25) is 14.9 Å². The number of carbonyl (C=O) groups excluding carboxylic acids is 1. The predicted octanol–water partition coefficient (Wildman–Crippen LogP) is 2.74. The molecule has 3 aromatic heterocycles. The van der Waals surface area contributed by atoms with Gasteiger partial charge in [0.1, 0.15) is 17.8 Å². The molecule has 0 spiro atoms. The molecule has 4 rings (SSSR count). The average molecular weight is 387 g/mol. The Bertz CT molecular complexity index is 1170. The summed E-state index contributed by atoms with van der Waals surface area (Å²) in [6.45, 7) is 2.62. The molecule has 0 radical (unpaired) electrons. The van der Waals surface area contributed by atoms with Gasteiger partial charge in [0.2, 0.25) is 0 Å². The van der Waals surface area contributed by atoms with Gasteiger partial charge in [0, 0.05) is 36.9 Å². The van der Waals surface area contributed by atoms with Gasteiger partial charge >= 0.3 is 0 Å². The van der Waals surface area contributed by atoms with Gasteiger partial charge in [-0.2, -0.15) is 5.10 Å². The maximum atomic E-state index is 12.1. The van der Waals surface area contributed by atoms with Crippen LogP contribution >= 0.6 is 0 Å². The second kappa shape index (κ2) is 8.05. The van der Waals surface area contributed by atoms with Crippen LogP contribution in [-0.4, -0.2) is 44.6 Å². The van der Waals surface area contributed by atoms with Crippen LogP contribution in [0.1, 0.15) is 21.6 Å². The van der Waals surface area contributed by atoms with Crippen molar-refractivity contribution < 1.29 is 4.79 Å². The Kier molecular flexibility index (Phi) is 5.15. The molecule has 0 aliphatic rings. The fourth-order valence-corrected chi connectivity index (χ4v) is 3.24. The Morgan fingerprint density at radius 3 is 2.79 bits per heavy atom. The molecule has 3 heterocycles. The Balaban J connectivity index is 1.50. The van der Waals surface area contributed by atoms with Gasteiger partial charge in [-0.05, 0) is 31.0 Å². The third-order valence-electron chi connectivity index (χ3n) is 4.66. The predicted molar refractivity (Wildman–Crippen MR) is 112 cm³/mol. The van der Waals surface area contributed by atoms with Crippen LogP contribution < -0.4 is 10.6 Å². The smallest absolute Gasteiger partial charge is 0.251 e. The van der Waals surface area contributed by atoms with Crippen LogP contribution in [0.5, 0.6) is 0 Å². The summed E-state index contributed by atoms with van der Waals surface area (Å²) in [5.74, 6) is 0.615. The largest absolute Gasteiger partial charge is 0.370 e. The zero-order valence-corrected chi connectivity index (χ0v) is 16.2. The summed E-state index contributed by atoms with van der Waals surface area (Å²) in [5, 5.41) is 14.0. The summed E-state index contributed by atoms with van der Waals surface area (Å²) in [4.78, 5) is 25.2. The molecule has 29 heavy (non-hydrogen) atoms. The number of aromatic amines is 1. The lowest BCUT2D eigenvalue weighted by atomic mass is 10.0. The number of benzene rings is 1. The summed E-state index contributed by atoms with van der Waals surface area (Å²) in [6, 6.07) is 11.5. The number of amides is 1. The number of fused-ring (bicyclic) bond motifs is 1. The summed E-state index contributed by atoms with van der Waals surface area (Å²) in [7, 11) is 1.63. The molecule has 0 bridgehead atoms. The number of anilines is 1. The Labute approximate surface area is 167 Å². The highest BCUT2D eigenvalue weighted by Gasteiger charge is 2.11. The van der Waals surface area contributed by atoms with Crippen LogP contribution in [0.15, 0.2) is 48.9 Å². The first-order valence-electron chi connectivity index (χ1n) is 9.32. The highest BCUT2D eigenvalue weighted by molar-refractivity contribution is 6.06. The number of nitrogens with one attached hydrogen (secondary N) is 3. The molecular formula is C21H21N7O. The van der Waals surface area contributed by atoms with Gasteiger partial charge in [-0.15, -0.1) is 0 Å². The number of aromatic nitrogens is 5. The molecule has 0 atom stereocenters. The van der Waals surface area contributed by atoms with Crippen LogP contribution in [0.4, 0.5) is 5.82 Å². The molecule has 8 nitrogen and oxygen atoms in total. The monoisotopic (exact) mass is 387 g/mol. The molecular weight excluding hydrogens is 366 g/mol. The minimum atomic E-state index is -0.116. The molecule has 8 heteroatoms. The van der Waals surface area contributed by atoms with Gasteiger partial charge in [0.05, 0.1) is 16.8 Å². The maximum absolute atomic E-state index is 12.1. The molecule has 4 aromatic rings. The summed E-state index contributed by atoms with van der Waals surface area (Å²) in [5.41, 5.74) is 5.06. The number of nitrogens with zero attached hydrogens (tertiary/aromatic N) is 4. The maximum Gasteiger partial charge on any atom is 0.251 e. The number of carbonyl (C=O) groups is 1. The molecule has 146 valence electrons. The van der Waals surface area contributed by atoms with Gasteiger partial charge in [-0.25, -0.2) is 9.97 Å². The van der Waals surface area contributed by atoms with E-state index in [1.807, 2.05) is 37.3 Å². The summed E-state index contributed by atoms with van der Waals surface area (Å²) < 4.78 is 0. The van der Waals surface area contributed by atoms with Crippen LogP contribution in [0, 0.1) is 6.92 Å². The summed E-state index contributed by atoms with van der Waals surface area (Å²) >= 11 is 0. The van der Waals surface area contributed by atoms with Crippen molar-refractivity contribution in [2.45, 2.75) is 13.3 Å². The van der Waals surface area contributed by atoms with E-state index >= 15 is 0 Å². The number of pyridine rings is 1. The van der Waals surface area contributed by atoms with Crippen molar-refractivity contribution in [3.63, 3.8) is 0 Å². The third-order valence-corrected chi connectivity index (χ3v) is 4.66. The van der Waals surface area contributed by atoms with E-state index in [9.17, 15) is 4.79 Å². The highest BCUT2D eigenvalue weighted by atomic mass is 16.1. The molecule has 0 saturated heterocycles. The third kappa shape index (κ3) is 3.91. The van der Waals surface area contributed by atoms with Gasteiger partial charge in [0.15, 0.2) is 0 Å². The van der Waals surface area contributed by atoms with Crippen LogP contribution in [0.2, 0.25) is 0 Å². The molecule has 1 amide bonds. The van der Waals surface area contributed by atoms with E-state index in [0.717, 1.165) is 45.8 Å². The first-order chi connectivity index (χ1) is 14.2. The zero-order valence-electron chi connectivity index (χ0n) is 16.2. The lowest BCUT2D eigenvalue weighted by Crippen LogP contribution is -2.18. The molecule has 0 saturated carbocycles. The average Bonchev–Trinajstić information content (AvgIpc) is 3.19. The van der Waals surface area contributed by atoms with Crippen LogP contribution in [0.3, 0.4) is 0 Å². The van der Waals surface area contributed by atoms with Crippen molar-refractivity contribution in [2.75, 3.05) is 18.9 Å². The van der Waals surface area contributed by atoms with E-state index < -0.39 is 0 Å².